The van der Waals surface area contributed by atoms with Crippen LogP contribution >= 0.6 is 15.9 Å². The number of halogens is 4. The third kappa shape index (κ3) is 3.24. The molecular weight excluding hydrogens is 309 g/mol. The molecule has 1 aliphatic rings. The molecule has 1 saturated carbocycles. The summed E-state index contributed by atoms with van der Waals surface area (Å²) in [7, 11) is 0. The number of hydrazine groups is 1. The normalized spacial score (nSPS) is 17.8. The molecule has 0 aromatic heterocycles. The third-order valence-electron chi connectivity index (χ3n) is 3.16. The largest absolute Gasteiger partial charge is 0.416 e. The first-order valence-corrected chi connectivity index (χ1v) is 6.54. The summed E-state index contributed by atoms with van der Waals surface area (Å²) < 4.78 is 39.4. The monoisotopic (exact) mass is 322 g/mol. The molecule has 1 unspecified atom stereocenters. The van der Waals surface area contributed by atoms with Crippen molar-refractivity contribution < 1.29 is 13.2 Å². The average Bonchev–Trinajstić information content (AvgIpc) is 3.09. The zero-order valence-corrected chi connectivity index (χ0v) is 11.2. The predicted octanol–water partition coefficient (Wildman–Crippen LogP) is 3.77. The summed E-state index contributed by atoms with van der Waals surface area (Å²) in [5.74, 6) is 5.90. The van der Waals surface area contributed by atoms with E-state index in [-0.39, 0.29) is 5.56 Å². The van der Waals surface area contributed by atoms with Crippen molar-refractivity contribution in [3.8, 4) is 0 Å². The quantitative estimate of drug-likeness (QED) is 0.654. The van der Waals surface area contributed by atoms with E-state index < -0.39 is 17.8 Å². The van der Waals surface area contributed by atoms with Gasteiger partial charge in [0, 0.05) is 10.5 Å². The number of hydrogen-bond donors (Lipinski definition) is 2. The number of benzene rings is 1. The third-order valence-corrected chi connectivity index (χ3v) is 3.66. The first kappa shape index (κ1) is 13.8. The van der Waals surface area contributed by atoms with Crippen LogP contribution in [-0.4, -0.2) is 0 Å². The van der Waals surface area contributed by atoms with Crippen LogP contribution in [0.25, 0.3) is 0 Å². The molecule has 0 radical (unpaired) electrons. The molecule has 0 amide bonds. The van der Waals surface area contributed by atoms with Crippen molar-refractivity contribution in [1.29, 1.82) is 0 Å². The molecule has 100 valence electrons. The van der Waals surface area contributed by atoms with Crippen LogP contribution in [0.3, 0.4) is 0 Å². The molecule has 1 aromatic carbocycles. The van der Waals surface area contributed by atoms with E-state index in [4.69, 9.17) is 5.84 Å². The summed E-state index contributed by atoms with van der Waals surface area (Å²) in [5, 5.41) is 0. The van der Waals surface area contributed by atoms with Crippen LogP contribution in [0.5, 0.6) is 0 Å². The van der Waals surface area contributed by atoms with Gasteiger partial charge in [-0.2, -0.15) is 13.2 Å². The van der Waals surface area contributed by atoms with Crippen molar-refractivity contribution in [1.82, 2.24) is 5.43 Å². The fourth-order valence-corrected chi connectivity index (χ4v) is 2.41. The number of rotatable bonds is 4. The maximum Gasteiger partial charge on any atom is 0.416 e. The summed E-state index contributed by atoms with van der Waals surface area (Å²) in [5.41, 5.74) is 2.10. The van der Waals surface area contributed by atoms with Gasteiger partial charge < -0.3 is 0 Å². The molecule has 6 heteroatoms. The average molecular weight is 323 g/mol. The maximum absolute atomic E-state index is 13.0. The minimum absolute atomic E-state index is 0.222. The highest BCUT2D eigenvalue weighted by Crippen LogP contribution is 2.41. The van der Waals surface area contributed by atoms with E-state index in [1.807, 2.05) is 0 Å². The molecule has 1 fully saturated rings. The Balaban J connectivity index is 2.34. The molecule has 0 spiro atoms. The van der Waals surface area contributed by atoms with Gasteiger partial charge in [0.2, 0.25) is 0 Å². The number of nitrogens with two attached hydrogens (primary N) is 1. The summed E-state index contributed by atoms with van der Waals surface area (Å²) in [6.07, 6.45) is -1.55. The van der Waals surface area contributed by atoms with Gasteiger partial charge >= 0.3 is 6.18 Å². The fraction of sp³-hybridized carbons (Fsp3) is 0.500. The standard InChI is InChI=1S/C12H14BrF3N2/c13-8-3-4-9(10(6-8)12(14,15)16)11(18-17)5-7-1-2-7/h3-4,6-7,11,18H,1-2,5,17H2. The van der Waals surface area contributed by atoms with Gasteiger partial charge in [0.05, 0.1) is 5.56 Å². The Bertz CT molecular complexity index is 430. The van der Waals surface area contributed by atoms with Gasteiger partial charge in [-0.25, -0.2) is 0 Å². The molecule has 2 rings (SSSR count). The SMILES string of the molecule is NNC(CC1CC1)c1ccc(Br)cc1C(F)(F)F. The zero-order valence-electron chi connectivity index (χ0n) is 9.60. The van der Waals surface area contributed by atoms with E-state index in [0.29, 0.717) is 16.8 Å². The Hall–Kier alpha value is -0.590. The maximum atomic E-state index is 13.0. The molecule has 0 saturated heterocycles. The van der Waals surface area contributed by atoms with Gasteiger partial charge in [-0.3, -0.25) is 11.3 Å². The Morgan fingerprint density at radius 3 is 2.56 bits per heavy atom. The summed E-state index contributed by atoms with van der Waals surface area (Å²) in [4.78, 5) is 0. The van der Waals surface area contributed by atoms with Crippen LogP contribution in [0.2, 0.25) is 0 Å². The Labute approximate surface area is 112 Å². The number of nitrogens with one attached hydrogen (secondary N) is 1. The van der Waals surface area contributed by atoms with Gasteiger partial charge in [-0.1, -0.05) is 34.8 Å². The minimum atomic E-state index is -4.36. The molecule has 0 heterocycles. The van der Waals surface area contributed by atoms with Crippen molar-refractivity contribution >= 4 is 15.9 Å². The summed E-state index contributed by atoms with van der Waals surface area (Å²) in [6.45, 7) is 0. The molecule has 1 aliphatic carbocycles. The molecule has 3 N–H and O–H groups in total. The van der Waals surface area contributed by atoms with Gasteiger partial charge in [0.15, 0.2) is 0 Å². The highest BCUT2D eigenvalue weighted by Gasteiger charge is 2.36. The molecule has 1 atom stereocenters. The van der Waals surface area contributed by atoms with Gasteiger partial charge in [0.25, 0.3) is 0 Å². The second kappa shape index (κ2) is 5.19. The van der Waals surface area contributed by atoms with E-state index in [1.54, 1.807) is 6.07 Å². The van der Waals surface area contributed by atoms with Crippen LogP contribution in [0.1, 0.15) is 36.4 Å². The lowest BCUT2D eigenvalue weighted by Crippen LogP contribution is -2.30. The second-order valence-corrected chi connectivity index (χ2v) is 5.54. The van der Waals surface area contributed by atoms with E-state index in [2.05, 4.69) is 21.4 Å². The Kier molecular flexibility index (Phi) is 3.99. The highest BCUT2D eigenvalue weighted by molar-refractivity contribution is 9.10. The molecule has 18 heavy (non-hydrogen) atoms. The minimum Gasteiger partial charge on any atom is -0.271 e. The van der Waals surface area contributed by atoms with Crippen molar-refractivity contribution in [2.45, 2.75) is 31.5 Å². The van der Waals surface area contributed by atoms with Gasteiger partial charge in [0.1, 0.15) is 0 Å². The van der Waals surface area contributed by atoms with Crippen LogP contribution < -0.4 is 11.3 Å². The van der Waals surface area contributed by atoms with Gasteiger partial charge in [-0.15, -0.1) is 0 Å². The Morgan fingerprint density at radius 2 is 2.06 bits per heavy atom. The van der Waals surface area contributed by atoms with E-state index in [1.165, 1.54) is 6.07 Å². The van der Waals surface area contributed by atoms with Crippen LogP contribution in [0, 0.1) is 5.92 Å². The zero-order chi connectivity index (χ0) is 13.3. The van der Waals surface area contributed by atoms with E-state index in [9.17, 15) is 13.2 Å². The van der Waals surface area contributed by atoms with Crippen LogP contribution in [-0.2, 0) is 6.18 Å². The van der Waals surface area contributed by atoms with E-state index in [0.717, 1.165) is 18.9 Å². The fourth-order valence-electron chi connectivity index (χ4n) is 2.05. The first-order chi connectivity index (χ1) is 8.41. The second-order valence-electron chi connectivity index (χ2n) is 4.63. The molecule has 2 nitrogen and oxygen atoms in total. The van der Waals surface area contributed by atoms with Crippen LogP contribution in [0.15, 0.2) is 22.7 Å². The molecule has 0 bridgehead atoms. The number of alkyl halides is 3. The van der Waals surface area contributed by atoms with Crippen molar-refractivity contribution in [3.63, 3.8) is 0 Å². The van der Waals surface area contributed by atoms with E-state index >= 15 is 0 Å². The topological polar surface area (TPSA) is 38.0 Å². The lowest BCUT2D eigenvalue weighted by Gasteiger charge is -2.21. The predicted molar refractivity (Wildman–Crippen MR) is 66.5 cm³/mol. The van der Waals surface area contributed by atoms with Crippen molar-refractivity contribution in [3.05, 3.63) is 33.8 Å². The molecule has 0 aliphatic heterocycles. The lowest BCUT2D eigenvalue weighted by atomic mass is 9.96. The smallest absolute Gasteiger partial charge is 0.271 e. The highest BCUT2D eigenvalue weighted by atomic mass is 79.9. The van der Waals surface area contributed by atoms with Gasteiger partial charge in [-0.05, 0) is 30.0 Å². The summed E-state index contributed by atoms with van der Waals surface area (Å²) in [6, 6.07) is 3.76. The number of hydrogen-bond acceptors (Lipinski definition) is 2. The van der Waals surface area contributed by atoms with Crippen molar-refractivity contribution in [2.24, 2.45) is 11.8 Å². The molecular formula is C12H14BrF3N2. The lowest BCUT2D eigenvalue weighted by molar-refractivity contribution is -0.138. The van der Waals surface area contributed by atoms with Crippen LogP contribution in [0.4, 0.5) is 13.2 Å². The summed E-state index contributed by atoms with van der Waals surface area (Å²) >= 11 is 3.07. The first-order valence-electron chi connectivity index (χ1n) is 5.74. The Morgan fingerprint density at radius 1 is 1.39 bits per heavy atom. The molecule has 1 aromatic rings. The van der Waals surface area contributed by atoms with Crippen molar-refractivity contribution in [2.75, 3.05) is 0 Å².